The predicted octanol–water partition coefficient (Wildman–Crippen LogP) is 4.59. The molecule has 3 rings (SSSR count). The summed E-state index contributed by atoms with van der Waals surface area (Å²) < 4.78 is 40.1. The van der Waals surface area contributed by atoms with E-state index in [4.69, 9.17) is 14.2 Å². The van der Waals surface area contributed by atoms with Crippen molar-refractivity contribution in [3.8, 4) is 0 Å². The number of alkyl carbamates (subject to hydrolysis) is 1. The van der Waals surface area contributed by atoms with Gasteiger partial charge in [-0.05, 0) is 78.0 Å². The molecule has 0 saturated carbocycles. The molecule has 2 aromatic carbocycles. The third-order valence-corrected chi connectivity index (χ3v) is 9.18. The van der Waals surface area contributed by atoms with E-state index in [-0.39, 0.29) is 19.4 Å². The molecule has 17 heteroatoms. The summed E-state index contributed by atoms with van der Waals surface area (Å²) in [4.78, 5) is 85.5. The number of fused-ring (bicyclic) bond motifs is 1. The van der Waals surface area contributed by atoms with Crippen LogP contribution < -0.4 is 21.3 Å². The molecule has 0 bridgehead atoms. The molecule has 4 amide bonds. The van der Waals surface area contributed by atoms with E-state index < -0.39 is 99.7 Å². The van der Waals surface area contributed by atoms with Crippen LogP contribution in [0.5, 0.6) is 0 Å². The lowest BCUT2D eigenvalue weighted by Crippen LogP contribution is -2.58. The first-order chi connectivity index (χ1) is 28.4. The van der Waals surface area contributed by atoms with Crippen LogP contribution in [0.15, 0.2) is 78.2 Å². The molecule has 0 aliphatic carbocycles. The highest BCUT2D eigenvalue weighted by Crippen LogP contribution is 2.16. The van der Waals surface area contributed by atoms with E-state index >= 15 is 0 Å². The van der Waals surface area contributed by atoms with Crippen molar-refractivity contribution in [3.63, 3.8) is 0 Å². The number of carbonyl (C=O) groups is 6. The number of rotatable bonds is 19. The largest absolute Gasteiger partial charge is 0.460 e. The highest BCUT2D eigenvalue weighted by molar-refractivity contribution is 7.93. The SMILES string of the molecule is CC(C)[C@H](NC(=O)[C@H](CCc1ccc2ccccc2n1)NC(=O)[C@H](CC(=O)OC(C)(C)C)NC(=O)OCc1ccccc1)C(=O)N[C@H](/C=C/S(C)(=O)=O)CC(=O)OC(C)(C)C. The van der Waals surface area contributed by atoms with Crippen LogP contribution in [0.3, 0.4) is 0 Å². The summed E-state index contributed by atoms with van der Waals surface area (Å²) in [6.45, 7) is 13.1. The van der Waals surface area contributed by atoms with Crippen LogP contribution >= 0.6 is 0 Å². The molecule has 0 unspecified atom stereocenters. The Labute approximate surface area is 357 Å². The summed E-state index contributed by atoms with van der Waals surface area (Å²) in [5, 5.41) is 12.2. The smallest absolute Gasteiger partial charge is 0.408 e. The number of benzene rings is 2. The summed E-state index contributed by atoms with van der Waals surface area (Å²) >= 11 is 0. The minimum Gasteiger partial charge on any atom is -0.460 e. The number of nitrogens with one attached hydrogen (secondary N) is 4. The zero-order valence-electron chi connectivity index (χ0n) is 36.3. The molecule has 0 fully saturated rings. The quantitative estimate of drug-likeness (QED) is 0.0959. The van der Waals surface area contributed by atoms with Crippen LogP contribution in [-0.2, 0) is 61.0 Å². The molecule has 0 aliphatic heterocycles. The number of amides is 4. The van der Waals surface area contributed by atoms with Gasteiger partial charge in [0.15, 0.2) is 9.84 Å². The minimum absolute atomic E-state index is 0.0364. The van der Waals surface area contributed by atoms with Crippen molar-refractivity contribution in [2.24, 2.45) is 5.92 Å². The Hall–Kier alpha value is -5.84. The van der Waals surface area contributed by atoms with Crippen LogP contribution in [-0.4, -0.2) is 90.8 Å². The predicted molar refractivity (Wildman–Crippen MR) is 229 cm³/mol. The molecule has 0 aliphatic rings. The van der Waals surface area contributed by atoms with Crippen LogP contribution in [0, 0.1) is 5.92 Å². The van der Waals surface area contributed by atoms with Crippen molar-refractivity contribution in [1.82, 2.24) is 26.3 Å². The number of aromatic nitrogens is 1. The van der Waals surface area contributed by atoms with Gasteiger partial charge in [-0.15, -0.1) is 0 Å². The highest BCUT2D eigenvalue weighted by atomic mass is 32.2. The first kappa shape index (κ1) is 49.5. The van der Waals surface area contributed by atoms with Gasteiger partial charge in [-0.3, -0.25) is 29.0 Å². The maximum Gasteiger partial charge on any atom is 0.408 e. The molecule has 0 spiro atoms. The van der Waals surface area contributed by atoms with E-state index in [0.717, 1.165) is 23.1 Å². The molecular formula is C44H59N5O11S. The Bertz CT molecular complexity index is 2150. The zero-order chi connectivity index (χ0) is 45.5. The average Bonchev–Trinajstić information content (AvgIpc) is 3.14. The molecular weight excluding hydrogens is 807 g/mol. The molecule has 4 atom stereocenters. The second-order valence-electron chi connectivity index (χ2n) is 16.9. The maximum atomic E-state index is 14.2. The Morgan fingerprint density at radius 2 is 1.30 bits per heavy atom. The second-order valence-corrected chi connectivity index (χ2v) is 18.9. The molecule has 0 radical (unpaired) electrons. The van der Waals surface area contributed by atoms with Gasteiger partial charge >= 0.3 is 18.0 Å². The number of ether oxygens (including phenoxy) is 3. The lowest BCUT2D eigenvalue weighted by Gasteiger charge is -2.28. The van der Waals surface area contributed by atoms with Gasteiger partial charge < -0.3 is 35.5 Å². The van der Waals surface area contributed by atoms with Crippen molar-refractivity contribution in [3.05, 3.63) is 89.5 Å². The third kappa shape index (κ3) is 19.0. The topological polar surface area (TPSA) is 225 Å². The van der Waals surface area contributed by atoms with Crippen LogP contribution in [0.4, 0.5) is 4.79 Å². The molecule has 1 heterocycles. The summed E-state index contributed by atoms with van der Waals surface area (Å²) in [7, 11) is -3.66. The summed E-state index contributed by atoms with van der Waals surface area (Å²) in [6.07, 6.45) is 0.224. The van der Waals surface area contributed by atoms with E-state index in [1.807, 2.05) is 30.3 Å². The van der Waals surface area contributed by atoms with Crippen LogP contribution in [0.1, 0.15) is 85.9 Å². The van der Waals surface area contributed by atoms with Gasteiger partial charge in [0, 0.05) is 22.7 Å². The molecule has 1 aromatic heterocycles. The maximum absolute atomic E-state index is 14.2. The van der Waals surface area contributed by atoms with Crippen molar-refractivity contribution < 1.29 is 51.4 Å². The molecule has 0 saturated heterocycles. The fourth-order valence-corrected chi connectivity index (χ4v) is 6.25. The number of carbonyl (C=O) groups excluding carboxylic acids is 6. The molecule has 332 valence electrons. The third-order valence-electron chi connectivity index (χ3n) is 8.53. The van der Waals surface area contributed by atoms with E-state index in [2.05, 4.69) is 26.3 Å². The minimum atomic E-state index is -3.66. The lowest BCUT2D eigenvalue weighted by atomic mass is 10.0. The Balaban J connectivity index is 1.92. The van der Waals surface area contributed by atoms with Crippen molar-refractivity contribution in [1.29, 1.82) is 0 Å². The van der Waals surface area contributed by atoms with Crippen molar-refractivity contribution >= 4 is 56.5 Å². The Kier molecular flexibility index (Phi) is 18.0. The van der Waals surface area contributed by atoms with Crippen molar-refractivity contribution in [2.75, 3.05) is 6.26 Å². The fourth-order valence-electron chi connectivity index (χ4n) is 5.78. The molecule has 61 heavy (non-hydrogen) atoms. The average molecular weight is 866 g/mol. The highest BCUT2D eigenvalue weighted by Gasteiger charge is 2.34. The standard InChI is InChI=1S/C44H59N5O11S/c1-28(2)38(41(54)46-32(23-24-61(9,56)57)25-36(50)59-43(3,4)5)49-39(52)34(22-21-31-20-19-30-17-13-14-18-33(30)45-31)47-40(53)35(26-37(51)60-44(6,7)8)48-42(55)58-27-29-15-11-10-12-16-29/h10-20,23-24,28,32,34-35,38H,21-22,25-27H2,1-9H3,(H,46,54)(H,47,53)(H,48,55)(H,49,52)/b24-23+/t32-,34+,35+,38+/m1/s1. The van der Waals surface area contributed by atoms with Gasteiger partial charge in [-0.25, -0.2) is 13.2 Å². The summed E-state index contributed by atoms with van der Waals surface area (Å²) in [6, 6.07) is 14.6. The summed E-state index contributed by atoms with van der Waals surface area (Å²) in [5.41, 5.74) is 0.214. The number of pyridine rings is 1. The second kappa shape index (κ2) is 22.1. The number of hydrogen-bond acceptors (Lipinski definition) is 12. The van der Waals surface area contributed by atoms with E-state index in [9.17, 15) is 37.2 Å². The first-order valence-corrected chi connectivity index (χ1v) is 21.9. The summed E-state index contributed by atoms with van der Waals surface area (Å²) in [5.74, 6) is -4.51. The number of sulfone groups is 1. The van der Waals surface area contributed by atoms with E-state index in [0.29, 0.717) is 16.8 Å². The first-order valence-electron chi connectivity index (χ1n) is 19.9. The Morgan fingerprint density at radius 1 is 0.705 bits per heavy atom. The molecule has 4 N–H and O–H groups in total. The lowest BCUT2D eigenvalue weighted by molar-refractivity contribution is -0.157. The van der Waals surface area contributed by atoms with Gasteiger partial charge in [0.05, 0.1) is 24.4 Å². The zero-order valence-corrected chi connectivity index (χ0v) is 37.1. The fraction of sp³-hybridized carbons (Fsp3) is 0.477. The normalized spacial score (nSPS) is 14.0. The Morgan fingerprint density at radius 3 is 1.90 bits per heavy atom. The number of esters is 2. The van der Waals surface area contributed by atoms with Crippen LogP contribution in [0.2, 0.25) is 0 Å². The van der Waals surface area contributed by atoms with Gasteiger partial charge in [0.25, 0.3) is 0 Å². The number of nitrogens with zero attached hydrogens (tertiary/aromatic N) is 1. The number of aryl methyl sites for hydroxylation is 1. The monoisotopic (exact) mass is 865 g/mol. The van der Waals surface area contributed by atoms with Gasteiger partial charge in [-0.1, -0.05) is 74.5 Å². The number of para-hydroxylation sites is 1. The molecule has 16 nitrogen and oxygen atoms in total. The van der Waals surface area contributed by atoms with Crippen LogP contribution in [0.25, 0.3) is 10.9 Å². The van der Waals surface area contributed by atoms with Crippen molar-refractivity contribution in [2.45, 2.75) is 123 Å². The van der Waals surface area contributed by atoms with E-state index in [1.165, 1.54) is 0 Å². The van der Waals surface area contributed by atoms with E-state index in [1.54, 1.807) is 91.8 Å². The van der Waals surface area contributed by atoms with Gasteiger partial charge in [-0.2, -0.15) is 0 Å². The van der Waals surface area contributed by atoms with Gasteiger partial charge in [0.1, 0.15) is 35.9 Å². The number of hydrogen-bond donors (Lipinski definition) is 4. The molecule has 3 aromatic rings. The van der Waals surface area contributed by atoms with Gasteiger partial charge in [0.2, 0.25) is 17.7 Å².